The third-order valence-corrected chi connectivity index (χ3v) is 6.62. The van der Waals surface area contributed by atoms with E-state index in [0.29, 0.717) is 19.4 Å². The van der Waals surface area contributed by atoms with E-state index in [1.165, 1.54) is 22.2 Å². The van der Waals surface area contributed by atoms with Gasteiger partial charge >= 0.3 is 0 Å². The Balaban J connectivity index is 1.83. The van der Waals surface area contributed by atoms with Crippen molar-refractivity contribution in [3.63, 3.8) is 0 Å². The summed E-state index contributed by atoms with van der Waals surface area (Å²) in [5.41, 5.74) is 5.66. The normalized spacial score (nSPS) is 15.1. The molecule has 1 amide bonds. The van der Waals surface area contributed by atoms with Crippen LogP contribution in [0.5, 0.6) is 0 Å². The van der Waals surface area contributed by atoms with Crippen molar-refractivity contribution < 1.29 is 19.5 Å². The van der Waals surface area contributed by atoms with Gasteiger partial charge in [-0.2, -0.15) is 0 Å². The first-order valence-electron chi connectivity index (χ1n) is 11.0. The molecule has 7 nitrogen and oxygen atoms in total. The smallest absolute Gasteiger partial charge is 0.260 e. The number of carbonyl (C=O) groups is 2. The Morgan fingerprint density at radius 2 is 2.16 bits per heavy atom. The van der Waals surface area contributed by atoms with Gasteiger partial charge in [0.2, 0.25) is 0 Å². The fourth-order valence-electron chi connectivity index (χ4n) is 4.63. The molecule has 0 fully saturated rings. The Bertz CT molecular complexity index is 899. The number of hydrogen-bond donors (Lipinski definition) is 2. The second-order valence-electron chi connectivity index (χ2n) is 8.10. The van der Waals surface area contributed by atoms with Crippen molar-refractivity contribution in [2.45, 2.75) is 64.1 Å². The molecule has 2 aromatic rings. The highest BCUT2D eigenvalue weighted by Crippen LogP contribution is 2.34. The fraction of sp³-hybridized carbons (Fsp3) is 0.565. The Morgan fingerprint density at radius 3 is 2.90 bits per heavy atom. The molecule has 1 aromatic heterocycles. The van der Waals surface area contributed by atoms with Crippen molar-refractivity contribution in [1.29, 1.82) is 0 Å². The van der Waals surface area contributed by atoms with Gasteiger partial charge in [-0.05, 0) is 43.0 Å². The average Bonchev–Trinajstić information content (AvgIpc) is 3.08. The van der Waals surface area contributed by atoms with Crippen LogP contribution >= 0.6 is 15.9 Å². The highest BCUT2D eigenvalue weighted by atomic mass is 79.9. The van der Waals surface area contributed by atoms with Crippen molar-refractivity contribution in [3.05, 3.63) is 33.9 Å². The van der Waals surface area contributed by atoms with Crippen LogP contribution in [0.2, 0.25) is 0 Å². The van der Waals surface area contributed by atoms with E-state index in [1.54, 1.807) is 7.11 Å². The molecule has 1 aliphatic heterocycles. The van der Waals surface area contributed by atoms with Crippen LogP contribution in [0, 0.1) is 0 Å². The van der Waals surface area contributed by atoms with Gasteiger partial charge in [-0.3, -0.25) is 14.9 Å². The van der Waals surface area contributed by atoms with E-state index in [2.05, 4.69) is 43.6 Å². The van der Waals surface area contributed by atoms with E-state index in [4.69, 9.17) is 4.74 Å². The number of hydroxylamine groups is 1. The Morgan fingerprint density at radius 1 is 1.32 bits per heavy atom. The van der Waals surface area contributed by atoms with Gasteiger partial charge in [-0.15, -0.1) is 0 Å². The summed E-state index contributed by atoms with van der Waals surface area (Å²) in [5.74, 6) is -0.358. The number of ether oxygens (including phenoxy) is 1. The van der Waals surface area contributed by atoms with Crippen LogP contribution in [0.4, 0.5) is 0 Å². The van der Waals surface area contributed by atoms with Gasteiger partial charge in [0.05, 0.1) is 6.04 Å². The van der Waals surface area contributed by atoms with Crippen LogP contribution in [0.25, 0.3) is 10.9 Å². The average molecular weight is 494 g/mol. The van der Waals surface area contributed by atoms with E-state index < -0.39 is 0 Å². The van der Waals surface area contributed by atoms with Gasteiger partial charge in [-0.25, -0.2) is 5.48 Å². The Kier molecular flexibility index (Phi) is 9.07. The van der Waals surface area contributed by atoms with Gasteiger partial charge in [0.1, 0.15) is 6.29 Å². The van der Waals surface area contributed by atoms with Crippen LogP contribution in [0.3, 0.4) is 0 Å². The summed E-state index contributed by atoms with van der Waals surface area (Å²) in [5, 5.41) is 10.5. The number of halogens is 1. The van der Waals surface area contributed by atoms with Gasteiger partial charge < -0.3 is 14.1 Å². The lowest BCUT2D eigenvalue weighted by Crippen LogP contribution is -2.48. The molecule has 0 bridgehead atoms. The minimum Gasteiger partial charge on any atom is -0.385 e. The zero-order chi connectivity index (χ0) is 22.2. The van der Waals surface area contributed by atoms with Crippen LogP contribution in [-0.4, -0.2) is 53.2 Å². The first kappa shape index (κ1) is 23.9. The lowest BCUT2D eigenvalue weighted by atomic mass is 9.99. The summed E-state index contributed by atoms with van der Waals surface area (Å²) in [7, 11) is 1.73. The number of nitrogens with zero attached hydrogens (tertiary/aromatic N) is 2. The molecule has 0 saturated heterocycles. The summed E-state index contributed by atoms with van der Waals surface area (Å²) >= 11 is 3.60. The van der Waals surface area contributed by atoms with Gasteiger partial charge in [0, 0.05) is 67.3 Å². The maximum Gasteiger partial charge on any atom is 0.260 e. The van der Waals surface area contributed by atoms with E-state index >= 15 is 0 Å². The topological polar surface area (TPSA) is 83.8 Å². The molecule has 3 rings (SSSR count). The molecule has 2 N–H and O–H groups in total. The third kappa shape index (κ3) is 5.74. The van der Waals surface area contributed by atoms with E-state index in [1.807, 2.05) is 5.48 Å². The zero-order valence-electron chi connectivity index (χ0n) is 18.1. The maximum absolute atomic E-state index is 12.5. The number of methoxy groups -OCH3 is 1. The second-order valence-corrected chi connectivity index (χ2v) is 9.02. The molecule has 8 heteroatoms. The van der Waals surface area contributed by atoms with Gasteiger partial charge in [-0.1, -0.05) is 28.8 Å². The van der Waals surface area contributed by atoms with Gasteiger partial charge in [0.25, 0.3) is 5.91 Å². The van der Waals surface area contributed by atoms with Crippen LogP contribution in [-0.2, 0) is 33.8 Å². The number of fused-ring (bicyclic) bond motifs is 3. The Hall–Kier alpha value is -1.74. The van der Waals surface area contributed by atoms with Crippen LogP contribution in [0.1, 0.15) is 49.8 Å². The van der Waals surface area contributed by atoms with E-state index in [0.717, 1.165) is 62.6 Å². The molecule has 0 saturated carbocycles. The standard InChI is InChI=1S/C23H32BrN3O4/c1-31-14-6-11-27-20-9-8-17(24)15-18(20)19-16-26(12-10-21(19)27)22(23(29)25-30)7-4-2-3-5-13-28/h8-9,13,15,22,30H,2-7,10-12,14,16H2,1H3,(H,25,29). The zero-order valence-corrected chi connectivity index (χ0v) is 19.7. The number of aldehydes is 1. The summed E-state index contributed by atoms with van der Waals surface area (Å²) in [4.78, 5) is 25.1. The first-order valence-corrected chi connectivity index (χ1v) is 11.8. The fourth-order valence-corrected chi connectivity index (χ4v) is 4.99. The maximum atomic E-state index is 12.5. The monoisotopic (exact) mass is 493 g/mol. The Labute approximate surface area is 191 Å². The number of rotatable bonds is 12. The second kappa shape index (κ2) is 11.8. The minimum atomic E-state index is -0.381. The van der Waals surface area contributed by atoms with Crippen molar-refractivity contribution in [3.8, 4) is 0 Å². The van der Waals surface area contributed by atoms with Crippen molar-refractivity contribution >= 4 is 39.0 Å². The van der Waals surface area contributed by atoms with Crippen molar-refractivity contribution in [1.82, 2.24) is 14.9 Å². The van der Waals surface area contributed by atoms with Crippen LogP contribution < -0.4 is 5.48 Å². The summed E-state index contributed by atoms with van der Waals surface area (Å²) in [6.45, 7) is 3.06. The SMILES string of the molecule is COCCCn1c2c(c3cc(Br)ccc31)CN(C(CCCCCC=O)C(=O)NO)CC2. The van der Waals surface area contributed by atoms with Crippen molar-refractivity contribution in [2.75, 3.05) is 20.3 Å². The predicted molar refractivity (Wildman–Crippen MR) is 123 cm³/mol. The van der Waals surface area contributed by atoms with E-state index in [-0.39, 0.29) is 11.9 Å². The van der Waals surface area contributed by atoms with E-state index in [9.17, 15) is 14.8 Å². The lowest BCUT2D eigenvalue weighted by molar-refractivity contribution is -0.135. The highest BCUT2D eigenvalue weighted by Gasteiger charge is 2.31. The molecular weight excluding hydrogens is 462 g/mol. The quantitative estimate of drug-likeness (QED) is 0.203. The number of aryl methyl sites for hydroxylation is 1. The highest BCUT2D eigenvalue weighted by molar-refractivity contribution is 9.10. The molecule has 0 spiro atoms. The minimum absolute atomic E-state index is 0.358. The lowest BCUT2D eigenvalue weighted by Gasteiger charge is -2.34. The molecule has 170 valence electrons. The predicted octanol–water partition coefficient (Wildman–Crippen LogP) is 3.82. The number of benzene rings is 1. The third-order valence-electron chi connectivity index (χ3n) is 6.13. The number of carbonyl (C=O) groups excluding carboxylic acids is 2. The number of nitrogens with one attached hydrogen (secondary N) is 1. The van der Waals surface area contributed by atoms with Crippen molar-refractivity contribution in [2.24, 2.45) is 0 Å². The van der Waals surface area contributed by atoms with Crippen LogP contribution in [0.15, 0.2) is 22.7 Å². The summed E-state index contributed by atoms with van der Waals surface area (Å²) < 4.78 is 8.68. The molecule has 0 aliphatic carbocycles. The number of aromatic nitrogens is 1. The first-order chi connectivity index (χ1) is 15.1. The number of unbranched alkanes of at least 4 members (excludes halogenated alkanes) is 3. The molecular formula is C23H32BrN3O4. The molecule has 1 aliphatic rings. The molecule has 0 radical (unpaired) electrons. The number of amides is 1. The molecule has 1 aromatic carbocycles. The molecule has 1 unspecified atom stereocenters. The number of hydrogen-bond acceptors (Lipinski definition) is 5. The largest absolute Gasteiger partial charge is 0.385 e. The molecule has 2 heterocycles. The summed E-state index contributed by atoms with van der Waals surface area (Å²) in [6.07, 6.45) is 6.54. The molecule has 31 heavy (non-hydrogen) atoms. The van der Waals surface area contributed by atoms with Gasteiger partial charge in [0.15, 0.2) is 0 Å². The molecule has 1 atom stereocenters. The summed E-state index contributed by atoms with van der Waals surface area (Å²) in [6, 6.07) is 6.00.